The predicted molar refractivity (Wildman–Crippen MR) is 73.6 cm³/mol. The van der Waals surface area contributed by atoms with E-state index in [9.17, 15) is 14.7 Å². The Balaban J connectivity index is 1.79. The number of likely N-dealkylation sites (tertiary alicyclic amines) is 1. The van der Waals surface area contributed by atoms with Crippen molar-refractivity contribution in [3.8, 4) is 0 Å². The summed E-state index contributed by atoms with van der Waals surface area (Å²) < 4.78 is 4.97. The SMILES string of the molecule is Cc1cc(CC(=O)N2[C@@H]3CCCC[C@@H]3C[C@H]2C(=O)O)no1. The van der Waals surface area contributed by atoms with Crippen LogP contribution in [0.4, 0.5) is 0 Å². The number of fused-ring (bicyclic) bond motifs is 1. The molecule has 1 aliphatic carbocycles. The molecule has 0 bridgehead atoms. The van der Waals surface area contributed by atoms with Crippen molar-refractivity contribution in [3.05, 3.63) is 17.5 Å². The van der Waals surface area contributed by atoms with Gasteiger partial charge in [0, 0.05) is 12.1 Å². The maximum Gasteiger partial charge on any atom is 0.326 e. The summed E-state index contributed by atoms with van der Waals surface area (Å²) in [5.41, 5.74) is 0.570. The Kier molecular flexibility index (Phi) is 3.69. The third kappa shape index (κ3) is 2.66. The highest BCUT2D eigenvalue weighted by atomic mass is 16.5. The first-order valence-electron chi connectivity index (χ1n) is 7.52. The molecule has 0 radical (unpaired) electrons. The fourth-order valence-electron chi connectivity index (χ4n) is 3.79. The number of carbonyl (C=O) groups excluding carboxylic acids is 1. The summed E-state index contributed by atoms with van der Waals surface area (Å²) in [6.07, 6.45) is 4.85. The van der Waals surface area contributed by atoms with Crippen LogP contribution < -0.4 is 0 Å². The van der Waals surface area contributed by atoms with Crippen LogP contribution in [0.5, 0.6) is 0 Å². The molecule has 1 amide bonds. The maximum absolute atomic E-state index is 12.6. The van der Waals surface area contributed by atoms with Crippen molar-refractivity contribution in [2.45, 2.75) is 57.5 Å². The lowest BCUT2D eigenvalue weighted by atomic mass is 9.84. The van der Waals surface area contributed by atoms with Gasteiger partial charge in [0.05, 0.1) is 12.1 Å². The summed E-state index contributed by atoms with van der Waals surface area (Å²) in [7, 11) is 0. The number of hydrogen-bond acceptors (Lipinski definition) is 4. The van der Waals surface area contributed by atoms with Gasteiger partial charge in [-0.25, -0.2) is 4.79 Å². The van der Waals surface area contributed by atoms with Gasteiger partial charge < -0.3 is 14.5 Å². The quantitative estimate of drug-likeness (QED) is 0.918. The van der Waals surface area contributed by atoms with E-state index in [4.69, 9.17) is 4.52 Å². The van der Waals surface area contributed by atoms with Gasteiger partial charge in [-0.05, 0) is 32.1 Å². The normalized spacial score (nSPS) is 28.4. The molecule has 1 aliphatic heterocycles. The summed E-state index contributed by atoms with van der Waals surface area (Å²) in [4.78, 5) is 25.7. The molecule has 3 rings (SSSR count). The molecular weight excluding hydrogens is 272 g/mol. The van der Waals surface area contributed by atoms with Crippen molar-refractivity contribution >= 4 is 11.9 Å². The molecule has 0 unspecified atom stereocenters. The van der Waals surface area contributed by atoms with Gasteiger partial charge in [-0.15, -0.1) is 0 Å². The molecule has 3 atom stereocenters. The minimum Gasteiger partial charge on any atom is -0.480 e. The fraction of sp³-hybridized carbons (Fsp3) is 0.667. The van der Waals surface area contributed by atoms with E-state index in [0.29, 0.717) is 23.8 Å². The Morgan fingerprint density at radius 1 is 1.43 bits per heavy atom. The number of aliphatic carboxylic acids is 1. The highest BCUT2D eigenvalue weighted by molar-refractivity contribution is 5.85. The van der Waals surface area contributed by atoms with Gasteiger partial charge in [-0.2, -0.15) is 0 Å². The van der Waals surface area contributed by atoms with Crippen LogP contribution in [0.1, 0.15) is 43.6 Å². The van der Waals surface area contributed by atoms with Gasteiger partial charge in [0.15, 0.2) is 0 Å². The molecule has 1 aromatic heterocycles. The largest absolute Gasteiger partial charge is 0.480 e. The Labute approximate surface area is 123 Å². The standard InChI is InChI=1S/C15H20N2O4/c1-9-6-11(16-21-9)8-14(18)17-12-5-3-2-4-10(12)7-13(17)15(19)20/h6,10,12-13H,2-5,7-8H2,1H3,(H,19,20)/t10-,12-,13+/m1/s1. The van der Waals surface area contributed by atoms with Crippen LogP contribution in [0.25, 0.3) is 0 Å². The monoisotopic (exact) mass is 292 g/mol. The number of nitrogens with zero attached hydrogens (tertiary/aromatic N) is 2. The van der Waals surface area contributed by atoms with Crippen molar-refractivity contribution < 1.29 is 19.2 Å². The molecule has 2 aliphatic rings. The third-order valence-corrected chi connectivity index (χ3v) is 4.67. The number of aromatic nitrogens is 1. The average molecular weight is 292 g/mol. The average Bonchev–Trinajstić information content (AvgIpc) is 3.02. The van der Waals surface area contributed by atoms with Gasteiger partial charge in [-0.1, -0.05) is 18.0 Å². The van der Waals surface area contributed by atoms with E-state index in [2.05, 4.69) is 5.16 Å². The van der Waals surface area contributed by atoms with E-state index in [1.165, 1.54) is 0 Å². The predicted octanol–water partition coefficient (Wildman–Crippen LogP) is 1.77. The Bertz CT molecular complexity index is 554. The summed E-state index contributed by atoms with van der Waals surface area (Å²) in [5.74, 6) is -0.0495. The van der Waals surface area contributed by atoms with Crippen LogP contribution in [0.3, 0.4) is 0 Å². The first-order chi connectivity index (χ1) is 10.1. The topological polar surface area (TPSA) is 83.6 Å². The van der Waals surface area contributed by atoms with Crippen LogP contribution in [0.2, 0.25) is 0 Å². The number of rotatable bonds is 3. The number of amides is 1. The van der Waals surface area contributed by atoms with E-state index in [-0.39, 0.29) is 18.4 Å². The van der Waals surface area contributed by atoms with Crippen LogP contribution >= 0.6 is 0 Å². The Morgan fingerprint density at radius 2 is 2.19 bits per heavy atom. The summed E-state index contributed by atoms with van der Waals surface area (Å²) in [6, 6.07) is 1.13. The first-order valence-corrected chi connectivity index (χ1v) is 7.52. The van der Waals surface area contributed by atoms with E-state index in [1.54, 1.807) is 17.9 Å². The number of hydrogen-bond donors (Lipinski definition) is 1. The highest BCUT2D eigenvalue weighted by Gasteiger charge is 2.47. The minimum atomic E-state index is -0.894. The van der Waals surface area contributed by atoms with Crippen molar-refractivity contribution in [2.75, 3.05) is 0 Å². The van der Waals surface area contributed by atoms with E-state index >= 15 is 0 Å². The summed E-state index contributed by atoms with van der Waals surface area (Å²) in [5, 5.41) is 13.3. The first kappa shape index (κ1) is 14.1. The molecule has 0 aromatic carbocycles. The smallest absolute Gasteiger partial charge is 0.326 e. The van der Waals surface area contributed by atoms with Gasteiger partial charge >= 0.3 is 5.97 Å². The van der Waals surface area contributed by atoms with E-state index in [1.807, 2.05) is 0 Å². The Morgan fingerprint density at radius 3 is 2.86 bits per heavy atom. The fourth-order valence-corrected chi connectivity index (χ4v) is 3.79. The highest BCUT2D eigenvalue weighted by Crippen LogP contribution is 2.40. The molecular formula is C15H20N2O4. The second kappa shape index (κ2) is 5.50. The third-order valence-electron chi connectivity index (χ3n) is 4.67. The zero-order chi connectivity index (χ0) is 15.0. The van der Waals surface area contributed by atoms with Crippen LogP contribution in [-0.4, -0.2) is 39.1 Å². The van der Waals surface area contributed by atoms with Gasteiger partial charge in [0.1, 0.15) is 11.8 Å². The number of carboxylic acids is 1. The van der Waals surface area contributed by atoms with Gasteiger partial charge in [0.25, 0.3) is 0 Å². The molecule has 1 aromatic rings. The molecule has 0 spiro atoms. The Hall–Kier alpha value is -1.85. The lowest BCUT2D eigenvalue weighted by Gasteiger charge is -2.32. The summed E-state index contributed by atoms with van der Waals surface area (Å²) >= 11 is 0. The van der Waals surface area contributed by atoms with Crippen LogP contribution in [0.15, 0.2) is 10.6 Å². The molecule has 2 heterocycles. The molecule has 1 saturated carbocycles. The number of carbonyl (C=O) groups is 2. The van der Waals surface area contributed by atoms with E-state index < -0.39 is 12.0 Å². The zero-order valence-corrected chi connectivity index (χ0v) is 12.1. The molecule has 21 heavy (non-hydrogen) atoms. The van der Waals surface area contributed by atoms with Crippen molar-refractivity contribution in [2.24, 2.45) is 5.92 Å². The second-order valence-corrected chi connectivity index (χ2v) is 6.11. The van der Waals surface area contributed by atoms with E-state index in [0.717, 1.165) is 25.7 Å². The maximum atomic E-state index is 12.6. The van der Waals surface area contributed by atoms with Gasteiger partial charge in [-0.3, -0.25) is 4.79 Å². The van der Waals surface area contributed by atoms with Crippen molar-refractivity contribution in [1.29, 1.82) is 0 Å². The molecule has 6 heteroatoms. The van der Waals surface area contributed by atoms with Crippen molar-refractivity contribution in [1.82, 2.24) is 10.1 Å². The lowest BCUT2D eigenvalue weighted by molar-refractivity contribution is -0.149. The van der Waals surface area contributed by atoms with Crippen LogP contribution in [-0.2, 0) is 16.0 Å². The molecule has 1 N–H and O–H groups in total. The number of carboxylic acid groups (broad SMARTS) is 1. The second-order valence-electron chi connectivity index (χ2n) is 6.11. The van der Waals surface area contributed by atoms with Crippen LogP contribution in [0, 0.1) is 12.8 Å². The summed E-state index contributed by atoms with van der Waals surface area (Å²) in [6.45, 7) is 1.77. The molecule has 1 saturated heterocycles. The molecule has 114 valence electrons. The van der Waals surface area contributed by atoms with Gasteiger partial charge in [0.2, 0.25) is 5.91 Å². The van der Waals surface area contributed by atoms with Crippen molar-refractivity contribution in [3.63, 3.8) is 0 Å². The lowest BCUT2D eigenvalue weighted by Crippen LogP contribution is -2.46. The molecule has 2 fully saturated rings. The molecule has 6 nitrogen and oxygen atoms in total. The zero-order valence-electron chi connectivity index (χ0n) is 12.1. The minimum absolute atomic E-state index is 0.0837. The number of aryl methyl sites for hydroxylation is 1.